The van der Waals surface area contributed by atoms with Gasteiger partial charge in [-0.25, -0.2) is 4.98 Å². The highest BCUT2D eigenvalue weighted by molar-refractivity contribution is 9.10. The Morgan fingerprint density at radius 3 is 2.72 bits per heavy atom. The van der Waals surface area contributed by atoms with Crippen LogP contribution in [0, 0.1) is 0 Å². The number of halogens is 2. The molecule has 3 aromatic rings. The van der Waals surface area contributed by atoms with Gasteiger partial charge in [0.15, 0.2) is 11.5 Å². The lowest BCUT2D eigenvalue weighted by Crippen LogP contribution is -2.23. The lowest BCUT2D eigenvalue weighted by atomic mass is 10.2. The minimum atomic E-state index is -0.236. The maximum Gasteiger partial charge on any atom is 0.282 e. The maximum atomic E-state index is 13.1. The van der Waals surface area contributed by atoms with E-state index in [1.807, 2.05) is 32.9 Å². The average Bonchev–Trinajstić information content (AvgIpc) is 2.69. The molecule has 0 spiro atoms. The first-order valence-electron chi connectivity index (χ1n) is 9.12. The Morgan fingerprint density at radius 2 is 2.07 bits per heavy atom. The van der Waals surface area contributed by atoms with E-state index in [4.69, 9.17) is 21.1 Å². The van der Waals surface area contributed by atoms with Crippen LogP contribution in [0.15, 0.2) is 44.7 Å². The standard InChI is InChI=1S/C21H21BrClN3O3/c1-5-29-19-16(23)8-13(9-18(19)28-4)11-24-26-20(12(2)3)25-17-7-6-14(22)10-15(17)21(26)27/h6-12H,5H2,1-4H3. The molecule has 3 rings (SSSR count). The van der Waals surface area contributed by atoms with Gasteiger partial charge in [-0.2, -0.15) is 9.78 Å². The van der Waals surface area contributed by atoms with E-state index in [2.05, 4.69) is 26.0 Å². The number of fused-ring (bicyclic) bond motifs is 1. The number of hydrogen-bond acceptors (Lipinski definition) is 5. The number of benzene rings is 2. The van der Waals surface area contributed by atoms with Crippen molar-refractivity contribution in [2.45, 2.75) is 26.7 Å². The van der Waals surface area contributed by atoms with Gasteiger partial charge < -0.3 is 9.47 Å². The third-order valence-electron chi connectivity index (χ3n) is 4.21. The molecule has 0 saturated heterocycles. The van der Waals surface area contributed by atoms with E-state index in [1.54, 1.807) is 31.5 Å². The molecule has 1 aromatic heterocycles. The summed E-state index contributed by atoms with van der Waals surface area (Å²) in [5, 5.41) is 5.31. The number of aromatic nitrogens is 2. The van der Waals surface area contributed by atoms with E-state index < -0.39 is 0 Å². The molecule has 29 heavy (non-hydrogen) atoms. The summed E-state index contributed by atoms with van der Waals surface area (Å²) in [4.78, 5) is 17.7. The molecule has 0 fully saturated rings. The molecule has 1 heterocycles. The molecule has 0 radical (unpaired) electrons. The van der Waals surface area contributed by atoms with Gasteiger partial charge in [0.1, 0.15) is 5.82 Å². The molecule has 0 atom stereocenters. The normalized spacial score (nSPS) is 11.6. The molecule has 2 aromatic carbocycles. The quantitative estimate of drug-likeness (QED) is 0.455. The second-order valence-corrected chi connectivity index (χ2v) is 7.94. The second kappa shape index (κ2) is 8.97. The van der Waals surface area contributed by atoms with Crippen molar-refractivity contribution >= 4 is 44.6 Å². The summed E-state index contributed by atoms with van der Waals surface area (Å²) in [5.41, 5.74) is 1.07. The summed E-state index contributed by atoms with van der Waals surface area (Å²) in [6, 6.07) is 8.89. The Bertz CT molecular complexity index is 1140. The third kappa shape index (κ3) is 4.46. The van der Waals surface area contributed by atoms with E-state index in [9.17, 15) is 4.79 Å². The Hall–Kier alpha value is -2.38. The van der Waals surface area contributed by atoms with Gasteiger partial charge in [0, 0.05) is 10.4 Å². The number of rotatable bonds is 6. The smallest absolute Gasteiger partial charge is 0.282 e. The van der Waals surface area contributed by atoms with Crippen molar-refractivity contribution in [3.8, 4) is 11.5 Å². The first-order valence-corrected chi connectivity index (χ1v) is 10.3. The van der Waals surface area contributed by atoms with E-state index in [1.165, 1.54) is 4.68 Å². The van der Waals surface area contributed by atoms with Crippen molar-refractivity contribution < 1.29 is 9.47 Å². The van der Waals surface area contributed by atoms with Gasteiger partial charge in [0.2, 0.25) is 0 Å². The highest BCUT2D eigenvalue weighted by Gasteiger charge is 2.15. The average molecular weight is 479 g/mol. The molecule has 0 amide bonds. The van der Waals surface area contributed by atoms with Crippen LogP contribution in [-0.4, -0.2) is 29.6 Å². The van der Waals surface area contributed by atoms with Gasteiger partial charge in [-0.15, -0.1) is 0 Å². The first kappa shape index (κ1) is 21.3. The molecule has 0 aliphatic heterocycles. The second-order valence-electron chi connectivity index (χ2n) is 6.61. The van der Waals surface area contributed by atoms with Crippen LogP contribution in [0.25, 0.3) is 10.9 Å². The van der Waals surface area contributed by atoms with E-state index in [-0.39, 0.29) is 11.5 Å². The number of nitrogens with zero attached hydrogens (tertiary/aromatic N) is 3. The number of ether oxygens (including phenoxy) is 2. The summed E-state index contributed by atoms with van der Waals surface area (Å²) >= 11 is 9.73. The Balaban J connectivity index is 2.13. The van der Waals surface area contributed by atoms with E-state index >= 15 is 0 Å². The SMILES string of the molecule is CCOc1c(Cl)cc(C=Nn2c(C(C)C)nc3ccc(Br)cc3c2=O)cc1OC. The van der Waals surface area contributed by atoms with Gasteiger partial charge in [0.25, 0.3) is 5.56 Å². The van der Waals surface area contributed by atoms with Crippen LogP contribution in [0.4, 0.5) is 0 Å². The summed E-state index contributed by atoms with van der Waals surface area (Å²) in [6.45, 7) is 6.27. The summed E-state index contributed by atoms with van der Waals surface area (Å²) in [6.07, 6.45) is 1.56. The van der Waals surface area contributed by atoms with Crippen LogP contribution in [0.5, 0.6) is 11.5 Å². The van der Waals surface area contributed by atoms with E-state index in [0.29, 0.717) is 45.4 Å². The molecule has 0 aliphatic rings. The zero-order chi connectivity index (χ0) is 21.1. The highest BCUT2D eigenvalue weighted by Crippen LogP contribution is 2.36. The Morgan fingerprint density at radius 1 is 1.31 bits per heavy atom. The van der Waals surface area contributed by atoms with Crippen molar-refractivity contribution in [1.29, 1.82) is 0 Å². The molecule has 6 nitrogen and oxygen atoms in total. The van der Waals surface area contributed by atoms with Crippen LogP contribution in [0.2, 0.25) is 5.02 Å². The molecule has 0 unspecified atom stereocenters. The third-order valence-corrected chi connectivity index (χ3v) is 4.99. The van der Waals surface area contributed by atoms with Gasteiger partial charge >= 0.3 is 0 Å². The fourth-order valence-corrected chi connectivity index (χ4v) is 3.51. The monoisotopic (exact) mass is 477 g/mol. The van der Waals surface area contributed by atoms with Gasteiger partial charge in [0.05, 0.1) is 35.9 Å². The molecular formula is C21H21BrClN3O3. The predicted octanol–water partition coefficient (Wildman–Crippen LogP) is 5.23. The van der Waals surface area contributed by atoms with E-state index in [0.717, 1.165) is 4.47 Å². The van der Waals surface area contributed by atoms with Crippen LogP contribution < -0.4 is 15.0 Å². The summed E-state index contributed by atoms with van der Waals surface area (Å²) in [5.74, 6) is 1.56. The predicted molar refractivity (Wildman–Crippen MR) is 120 cm³/mol. The molecule has 0 saturated carbocycles. The van der Waals surface area contributed by atoms with Gasteiger partial charge in [-0.05, 0) is 42.8 Å². The maximum absolute atomic E-state index is 13.1. The number of methoxy groups -OCH3 is 1. The summed E-state index contributed by atoms with van der Waals surface area (Å²) < 4.78 is 13.0. The van der Waals surface area contributed by atoms with Crippen LogP contribution in [0.1, 0.15) is 38.1 Å². The molecule has 8 heteroatoms. The van der Waals surface area contributed by atoms with Crippen LogP contribution in [0.3, 0.4) is 0 Å². The molecule has 152 valence electrons. The van der Waals surface area contributed by atoms with Crippen LogP contribution >= 0.6 is 27.5 Å². The van der Waals surface area contributed by atoms with Gasteiger partial charge in [-0.1, -0.05) is 41.4 Å². The van der Waals surface area contributed by atoms with Crippen molar-refractivity contribution in [2.24, 2.45) is 5.10 Å². The lowest BCUT2D eigenvalue weighted by Gasteiger charge is -2.13. The summed E-state index contributed by atoms with van der Waals surface area (Å²) in [7, 11) is 1.54. The van der Waals surface area contributed by atoms with Crippen LogP contribution in [-0.2, 0) is 0 Å². The minimum absolute atomic E-state index is 0.00588. The first-order chi connectivity index (χ1) is 13.8. The zero-order valence-corrected chi connectivity index (χ0v) is 18.9. The van der Waals surface area contributed by atoms with Crippen molar-refractivity contribution in [2.75, 3.05) is 13.7 Å². The minimum Gasteiger partial charge on any atom is -0.493 e. The fraction of sp³-hybridized carbons (Fsp3) is 0.286. The Kier molecular flexibility index (Phi) is 6.59. The van der Waals surface area contributed by atoms with Gasteiger partial charge in [-0.3, -0.25) is 4.79 Å². The molecule has 0 aliphatic carbocycles. The fourth-order valence-electron chi connectivity index (χ4n) is 2.87. The Labute approximate surface area is 182 Å². The largest absolute Gasteiger partial charge is 0.493 e. The topological polar surface area (TPSA) is 65.7 Å². The van der Waals surface area contributed by atoms with Crippen molar-refractivity contribution in [1.82, 2.24) is 9.66 Å². The molecule has 0 N–H and O–H groups in total. The van der Waals surface area contributed by atoms with Crippen molar-refractivity contribution in [3.63, 3.8) is 0 Å². The van der Waals surface area contributed by atoms with Crippen molar-refractivity contribution in [3.05, 3.63) is 61.6 Å². The molecule has 0 bridgehead atoms. The zero-order valence-electron chi connectivity index (χ0n) is 16.6. The molecular weight excluding hydrogens is 458 g/mol. The lowest BCUT2D eigenvalue weighted by molar-refractivity contribution is 0.311. The number of hydrogen-bond donors (Lipinski definition) is 0. The highest BCUT2D eigenvalue weighted by atomic mass is 79.9.